The molecule has 0 aliphatic heterocycles. The molecule has 2 aromatic rings. The summed E-state index contributed by atoms with van der Waals surface area (Å²) in [7, 11) is 0. The number of H-pyrrole nitrogens is 1. The van der Waals surface area contributed by atoms with E-state index < -0.39 is 5.97 Å². The zero-order chi connectivity index (χ0) is 17.3. The van der Waals surface area contributed by atoms with Gasteiger partial charge in [0, 0.05) is 22.7 Å². The minimum atomic E-state index is -0.461. The van der Waals surface area contributed by atoms with Gasteiger partial charge in [0.15, 0.2) is 5.78 Å². The maximum atomic E-state index is 12.6. The van der Waals surface area contributed by atoms with Gasteiger partial charge in [-0.2, -0.15) is 0 Å². The first-order valence-electron chi connectivity index (χ1n) is 7.79. The number of hydrogen-bond donors (Lipinski definition) is 1. The van der Waals surface area contributed by atoms with E-state index in [0.29, 0.717) is 34.7 Å². The average molecular weight is 344 g/mol. The third kappa shape index (κ3) is 3.02. The monoisotopic (exact) mass is 343 g/mol. The fourth-order valence-electron chi connectivity index (χ4n) is 3.21. The SMILES string of the molecule is C=CCOC(=O)c1[nH]c2c(c1C)C(=O)C[C@@H](c1ccc(Cl)cc1)C2. The lowest BCUT2D eigenvalue weighted by Gasteiger charge is -2.22. The van der Waals surface area contributed by atoms with Gasteiger partial charge >= 0.3 is 5.97 Å². The van der Waals surface area contributed by atoms with Crippen LogP contribution in [0.2, 0.25) is 5.02 Å². The number of hydrogen-bond acceptors (Lipinski definition) is 3. The molecule has 1 aliphatic carbocycles. The highest BCUT2D eigenvalue weighted by Crippen LogP contribution is 2.35. The Kier molecular flexibility index (Phi) is 4.58. The summed E-state index contributed by atoms with van der Waals surface area (Å²) in [5, 5.41) is 0.671. The van der Waals surface area contributed by atoms with Gasteiger partial charge < -0.3 is 9.72 Å². The number of carbonyl (C=O) groups is 2. The summed E-state index contributed by atoms with van der Waals surface area (Å²) >= 11 is 5.93. The van der Waals surface area contributed by atoms with Crippen molar-refractivity contribution in [2.45, 2.75) is 25.7 Å². The normalized spacial score (nSPS) is 16.6. The number of ether oxygens (including phenoxy) is 1. The maximum Gasteiger partial charge on any atom is 0.355 e. The van der Waals surface area contributed by atoms with E-state index in [1.54, 1.807) is 6.92 Å². The summed E-state index contributed by atoms with van der Waals surface area (Å²) in [4.78, 5) is 27.8. The van der Waals surface area contributed by atoms with Crippen molar-refractivity contribution in [2.24, 2.45) is 0 Å². The third-order valence-electron chi connectivity index (χ3n) is 4.37. The molecule has 0 fully saturated rings. The summed E-state index contributed by atoms with van der Waals surface area (Å²) in [5.74, 6) is -0.331. The van der Waals surface area contributed by atoms with E-state index in [4.69, 9.17) is 16.3 Å². The topological polar surface area (TPSA) is 59.2 Å². The highest BCUT2D eigenvalue weighted by atomic mass is 35.5. The Hall–Kier alpha value is -2.33. The second kappa shape index (κ2) is 6.65. The molecule has 4 nitrogen and oxygen atoms in total. The van der Waals surface area contributed by atoms with Crippen LogP contribution in [-0.4, -0.2) is 23.3 Å². The van der Waals surface area contributed by atoms with Gasteiger partial charge in [-0.05, 0) is 42.5 Å². The number of aromatic amines is 1. The van der Waals surface area contributed by atoms with Crippen LogP contribution >= 0.6 is 11.6 Å². The maximum absolute atomic E-state index is 12.6. The van der Waals surface area contributed by atoms with Crippen LogP contribution < -0.4 is 0 Å². The van der Waals surface area contributed by atoms with Crippen molar-refractivity contribution in [3.8, 4) is 0 Å². The van der Waals surface area contributed by atoms with Gasteiger partial charge in [-0.15, -0.1) is 0 Å². The van der Waals surface area contributed by atoms with Crippen LogP contribution in [-0.2, 0) is 11.2 Å². The van der Waals surface area contributed by atoms with Crippen molar-refractivity contribution in [3.05, 3.63) is 70.0 Å². The number of Topliss-reactive ketones (excluding diaryl/α,β-unsaturated/α-hetero) is 1. The number of esters is 1. The summed E-state index contributed by atoms with van der Waals surface area (Å²) < 4.78 is 5.08. The second-order valence-electron chi connectivity index (χ2n) is 5.95. The first-order valence-corrected chi connectivity index (χ1v) is 8.17. The number of benzene rings is 1. The molecule has 1 atom stereocenters. The molecule has 0 radical (unpaired) electrons. The number of aromatic nitrogens is 1. The van der Waals surface area contributed by atoms with Crippen molar-refractivity contribution in [3.63, 3.8) is 0 Å². The predicted molar refractivity (Wildman–Crippen MR) is 92.9 cm³/mol. The summed E-state index contributed by atoms with van der Waals surface area (Å²) in [6.07, 6.45) is 2.62. The van der Waals surface area contributed by atoms with E-state index in [1.807, 2.05) is 24.3 Å². The van der Waals surface area contributed by atoms with Crippen molar-refractivity contribution in [2.75, 3.05) is 6.61 Å². The van der Waals surface area contributed by atoms with Gasteiger partial charge in [0.25, 0.3) is 0 Å². The molecule has 1 aliphatic rings. The molecule has 1 heterocycles. The molecule has 0 saturated heterocycles. The lowest BCUT2D eigenvalue weighted by Crippen LogP contribution is -2.18. The Labute approximate surface area is 145 Å². The van der Waals surface area contributed by atoms with E-state index >= 15 is 0 Å². The summed E-state index contributed by atoms with van der Waals surface area (Å²) in [6.45, 7) is 5.44. The zero-order valence-electron chi connectivity index (χ0n) is 13.4. The lowest BCUT2D eigenvalue weighted by molar-refractivity contribution is 0.0542. The summed E-state index contributed by atoms with van der Waals surface area (Å²) in [6, 6.07) is 7.55. The van der Waals surface area contributed by atoms with Crippen molar-refractivity contribution in [1.82, 2.24) is 4.98 Å². The quantitative estimate of drug-likeness (QED) is 0.667. The molecule has 0 amide bonds. The van der Waals surface area contributed by atoms with Crippen LogP contribution in [0.5, 0.6) is 0 Å². The van der Waals surface area contributed by atoms with Crippen LogP contribution in [0.1, 0.15) is 50.0 Å². The predicted octanol–water partition coefficient (Wildman–Crippen LogP) is 4.23. The number of halogens is 1. The molecular weight excluding hydrogens is 326 g/mol. The molecule has 1 aromatic heterocycles. The molecule has 24 heavy (non-hydrogen) atoms. The minimum Gasteiger partial charge on any atom is -0.457 e. The highest BCUT2D eigenvalue weighted by Gasteiger charge is 2.32. The third-order valence-corrected chi connectivity index (χ3v) is 4.62. The van der Waals surface area contributed by atoms with E-state index in [-0.39, 0.29) is 18.3 Å². The number of nitrogens with one attached hydrogen (secondary N) is 1. The van der Waals surface area contributed by atoms with Crippen LogP contribution in [0.25, 0.3) is 0 Å². The molecule has 124 valence electrons. The molecule has 0 unspecified atom stereocenters. The standard InChI is InChI=1S/C19H18ClNO3/c1-3-8-24-19(23)18-11(2)17-15(21-18)9-13(10-16(17)22)12-4-6-14(20)7-5-12/h3-7,13,21H,1,8-10H2,2H3/t13-/m0/s1. The van der Waals surface area contributed by atoms with Gasteiger partial charge in [-0.1, -0.05) is 36.4 Å². The average Bonchev–Trinajstić information content (AvgIpc) is 2.90. The summed E-state index contributed by atoms with van der Waals surface area (Å²) in [5.41, 5.74) is 3.52. The number of carbonyl (C=O) groups excluding carboxylic acids is 2. The van der Waals surface area contributed by atoms with E-state index in [9.17, 15) is 9.59 Å². The number of ketones is 1. The Morgan fingerprint density at radius 1 is 1.38 bits per heavy atom. The highest BCUT2D eigenvalue weighted by molar-refractivity contribution is 6.30. The Morgan fingerprint density at radius 2 is 2.08 bits per heavy atom. The van der Waals surface area contributed by atoms with Gasteiger partial charge in [0.2, 0.25) is 0 Å². The molecule has 1 N–H and O–H groups in total. The number of rotatable bonds is 4. The van der Waals surface area contributed by atoms with Crippen LogP contribution in [0, 0.1) is 6.92 Å². The Balaban J connectivity index is 1.90. The van der Waals surface area contributed by atoms with E-state index in [2.05, 4.69) is 11.6 Å². The van der Waals surface area contributed by atoms with Gasteiger partial charge in [-0.25, -0.2) is 4.79 Å². The van der Waals surface area contributed by atoms with E-state index in [1.165, 1.54) is 6.08 Å². The fourth-order valence-corrected chi connectivity index (χ4v) is 3.34. The van der Waals surface area contributed by atoms with Gasteiger partial charge in [0.1, 0.15) is 12.3 Å². The molecule has 3 rings (SSSR count). The molecular formula is C19H18ClNO3. The van der Waals surface area contributed by atoms with Crippen molar-refractivity contribution >= 4 is 23.4 Å². The van der Waals surface area contributed by atoms with Crippen molar-refractivity contribution < 1.29 is 14.3 Å². The van der Waals surface area contributed by atoms with E-state index in [0.717, 1.165) is 11.3 Å². The first-order chi connectivity index (χ1) is 11.5. The van der Waals surface area contributed by atoms with Crippen molar-refractivity contribution in [1.29, 1.82) is 0 Å². The number of fused-ring (bicyclic) bond motifs is 1. The van der Waals surface area contributed by atoms with Gasteiger partial charge in [-0.3, -0.25) is 4.79 Å². The Morgan fingerprint density at radius 3 is 2.75 bits per heavy atom. The zero-order valence-corrected chi connectivity index (χ0v) is 14.2. The molecule has 0 saturated carbocycles. The minimum absolute atomic E-state index is 0.0488. The first kappa shape index (κ1) is 16.5. The molecule has 5 heteroatoms. The molecule has 0 bridgehead atoms. The fraction of sp³-hybridized carbons (Fsp3) is 0.263. The van der Waals surface area contributed by atoms with Gasteiger partial charge in [0.05, 0.1) is 0 Å². The van der Waals surface area contributed by atoms with Crippen LogP contribution in [0.15, 0.2) is 36.9 Å². The smallest absolute Gasteiger partial charge is 0.355 e. The van der Waals surface area contributed by atoms with Crippen LogP contribution in [0.3, 0.4) is 0 Å². The lowest BCUT2D eigenvalue weighted by atomic mass is 9.81. The Bertz CT molecular complexity index is 805. The molecule has 1 aromatic carbocycles. The van der Waals surface area contributed by atoms with Crippen LogP contribution in [0.4, 0.5) is 0 Å². The molecule has 0 spiro atoms. The second-order valence-corrected chi connectivity index (χ2v) is 6.38. The largest absolute Gasteiger partial charge is 0.457 e.